The van der Waals surface area contributed by atoms with Gasteiger partial charge >= 0.3 is 0 Å². The normalized spacial score (nSPS) is 20.3. The maximum atomic E-state index is 10.6. The summed E-state index contributed by atoms with van der Waals surface area (Å²) in [6, 6.07) is 21.5. The zero-order valence-electron chi connectivity index (χ0n) is 24.9. The van der Waals surface area contributed by atoms with Crippen molar-refractivity contribution in [3.8, 4) is 22.5 Å². The summed E-state index contributed by atoms with van der Waals surface area (Å²) in [7, 11) is 1.75. The number of hydrogen-bond acceptors (Lipinski definition) is 4. The second-order valence-corrected chi connectivity index (χ2v) is 12.8. The van der Waals surface area contributed by atoms with Gasteiger partial charge in [-0.1, -0.05) is 64.6 Å². The molecule has 0 bridgehead atoms. The molecule has 0 saturated heterocycles. The molecule has 0 spiro atoms. The van der Waals surface area contributed by atoms with Crippen molar-refractivity contribution in [1.29, 1.82) is 0 Å². The van der Waals surface area contributed by atoms with Crippen molar-refractivity contribution in [3.63, 3.8) is 0 Å². The van der Waals surface area contributed by atoms with Gasteiger partial charge in [-0.3, -0.25) is 0 Å². The Morgan fingerprint density at radius 3 is 2.51 bits per heavy atom. The monoisotopic (exact) mass is 547 g/mol. The highest BCUT2D eigenvalue weighted by Gasteiger charge is 2.57. The number of methoxy groups -OCH3 is 1. The topological polar surface area (TPSA) is 59.4 Å². The Morgan fingerprint density at radius 1 is 1.05 bits per heavy atom. The van der Waals surface area contributed by atoms with Gasteiger partial charge in [-0.15, -0.1) is 0 Å². The van der Waals surface area contributed by atoms with Crippen LogP contribution in [-0.4, -0.2) is 30.4 Å². The van der Waals surface area contributed by atoms with Crippen LogP contribution in [0.5, 0.6) is 0 Å². The van der Waals surface area contributed by atoms with Crippen molar-refractivity contribution < 1.29 is 18.8 Å². The molecule has 6 rings (SSSR count). The number of aliphatic hydroxyl groups is 1. The molecule has 2 atom stereocenters. The van der Waals surface area contributed by atoms with E-state index in [0.29, 0.717) is 6.61 Å². The molecule has 1 N–H and O–H groups in total. The molecule has 1 aliphatic heterocycles. The quantitative estimate of drug-likeness (QED) is 0.177. The third-order valence-corrected chi connectivity index (χ3v) is 9.52. The lowest BCUT2D eigenvalue weighted by atomic mass is 9.57. The summed E-state index contributed by atoms with van der Waals surface area (Å²) in [5.74, 6) is 0. The van der Waals surface area contributed by atoms with Gasteiger partial charge in [-0.2, -0.15) is 0 Å². The highest BCUT2D eigenvalue weighted by molar-refractivity contribution is 5.96. The minimum atomic E-state index is -0.675. The molecule has 2 unspecified atom stereocenters. The lowest BCUT2D eigenvalue weighted by Gasteiger charge is -2.50. The van der Waals surface area contributed by atoms with Gasteiger partial charge in [0.25, 0.3) is 6.33 Å². The Labute approximate surface area is 242 Å². The van der Waals surface area contributed by atoms with Crippen LogP contribution >= 0.6 is 0 Å². The van der Waals surface area contributed by atoms with E-state index in [4.69, 9.17) is 14.1 Å². The summed E-state index contributed by atoms with van der Waals surface area (Å²) in [5, 5.41) is 14.1. The zero-order chi connectivity index (χ0) is 29.2. The first kappa shape index (κ1) is 27.4. The summed E-state index contributed by atoms with van der Waals surface area (Å²) in [4.78, 5) is 4.99. The van der Waals surface area contributed by atoms with E-state index in [9.17, 15) is 5.11 Å². The van der Waals surface area contributed by atoms with Crippen LogP contribution < -0.4 is 4.57 Å². The molecule has 0 amide bonds. The van der Waals surface area contributed by atoms with Gasteiger partial charge in [0.05, 0.1) is 12.9 Å². The number of ether oxygens (including phenoxy) is 1. The Morgan fingerprint density at radius 2 is 1.80 bits per heavy atom. The molecule has 0 fully saturated rings. The van der Waals surface area contributed by atoms with Crippen molar-refractivity contribution in [3.05, 3.63) is 96.5 Å². The highest BCUT2D eigenvalue weighted by Crippen LogP contribution is 2.54. The molecule has 210 valence electrons. The van der Waals surface area contributed by atoms with Crippen LogP contribution in [0, 0.1) is 0 Å². The van der Waals surface area contributed by atoms with Crippen LogP contribution in [0.3, 0.4) is 0 Å². The van der Waals surface area contributed by atoms with Crippen molar-refractivity contribution in [2.24, 2.45) is 0 Å². The number of benzene rings is 3. The van der Waals surface area contributed by atoms with Crippen LogP contribution in [0.25, 0.3) is 44.3 Å². The van der Waals surface area contributed by atoms with E-state index < -0.39 is 11.0 Å². The second kappa shape index (κ2) is 9.64. The first-order chi connectivity index (χ1) is 19.5. The number of aromatic nitrogens is 2. The third-order valence-electron chi connectivity index (χ3n) is 9.52. The minimum absolute atomic E-state index is 0.0714. The van der Waals surface area contributed by atoms with E-state index in [2.05, 4.69) is 94.3 Å². The molecule has 5 nitrogen and oxygen atoms in total. The molecule has 0 saturated carbocycles. The summed E-state index contributed by atoms with van der Waals surface area (Å²) in [6.07, 6.45) is 4.39. The number of furan rings is 1. The average Bonchev–Trinajstić information content (AvgIpc) is 3.45. The first-order valence-electron chi connectivity index (χ1n) is 14.3. The molecular formula is C36H39N2O3+. The van der Waals surface area contributed by atoms with Gasteiger partial charge < -0.3 is 14.3 Å². The second-order valence-electron chi connectivity index (χ2n) is 12.8. The fourth-order valence-electron chi connectivity index (χ4n) is 6.94. The van der Waals surface area contributed by atoms with Crippen molar-refractivity contribution in [1.82, 2.24) is 4.98 Å². The molecule has 1 aliphatic rings. The molecule has 41 heavy (non-hydrogen) atoms. The van der Waals surface area contributed by atoms with Gasteiger partial charge in [0, 0.05) is 41.7 Å². The summed E-state index contributed by atoms with van der Waals surface area (Å²) in [5.41, 5.74) is 7.01. The van der Waals surface area contributed by atoms with Crippen molar-refractivity contribution in [2.75, 3.05) is 20.3 Å². The van der Waals surface area contributed by atoms with Gasteiger partial charge in [0.1, 0.15) is 16.8 Å². The van der Waals surface area contributed by atoms with Crippen LogP contribution in [0.15, 0.2) is 89.8 Å². The predicted molar refractivity (Wildman–Crippen MR) is 165 cm³/mol. The molecule has 0 aliphatic carbocycles. The standard InChI is InChI=1S/C36H39N2O3/c1-23(21-39)36(6)35(5,15-17-40-7)33-27-11-9-8-10-26(27)29(34(2,3)4)19-28(33)31-20-30(37-22-38(31)36)25-13-12-24-14-16-41-32(24)18-25/h8-14,16,18-20,22,39H,1,15,17,21H2,2-7H3/q+1. The van der Waals surface area contributed by atoms with E-state index in [1.165, 1.54) is 27.5 Å². The number of nitrogens with zero attached hydrogens (tertiary/aromatic N) is 2. The number of hydrogen-bond donors (Lipinski definition) is 1. The maximum Gasteiger partial charge on any atom is 0.288 e. The van der Waals surface area contributed by atoms with Crippen molar-refractivity contribution in [2.45, 2.75) is 57.4 Å². The minimum Gasteiger partial charge on any atom is -0.464 e. The molecule has 3 aromatic carbocycles. The molecule has 5 heteroatoms. The van der Waals surface area contributed by atoms with Crippen LogP contribution in [0.2, 0.25) is 0 Å². The Bertz CT molecular complexity index is 1810. The number of rotatable bonds is 6. The Hall–Kier alpha value is -3.80. The molecular weight excluding hydrogens is 508 g/mol. The van der Waals surface area contributed by atoms with E-state index in [0.717, 1.165) is 39.9 Å². The maximum absolute atomic E-state index is 10.6. The smallest absolute Gasteiger partial charge is 0.288 e. The average molecular weight is 548 g/mol. The Kier molecular flexibility index (Phi) is 6.44. The highest BCUT2D eigenvalue weighted by atomic mass is 16.5. The SMILES string of the molecule is C=C(CO)C1(C)[n+]2cnc(-c3ccc4ccoc4c3)cc2-c2cc(C(C)(C)C)c3ccccc3c2C1(C)CCOC. The fourth-order valence-corrected chi connectivity index (χ4v) is 6.94. The summed E-state index contributed by atoms with van der Waals surface area (Å²) in [6.45, 7) is 16.2. The van der Waals surface area contributed by atoms with Gasteiger partial charge in [-0.05, 0) is 75.5 Å². The predicted octanol–water partition coefficient (Wildman–Crippen LogP) is 7.47. The van der Waals surface area contributed by atoms with Gasteiger partial charge in [-0.25, -0.2) is 4.57 Å². The third kappa shape index (κ3) is 3.98. The summed E-state index contributed by atoms with van der Waals surface area (Å²) >= 11 is 0. The van der Waals surface area contributed by atoms with E-state index in [-0.39, 0.29) is 12.0 Å². The number of aliphatic hydroxyl groups excluding tert-OH is 1. The Balaban J connectivity index is 1.75. The largest absolute Gasteiger partial charge is 0.464 e. The van der Waals surface area contributed by atoms with Gasteiger partial charge in [0.2, 0.25) is 0 Å². The lowest BCUT2D eigenvalue weighted by Crippen LogP contribution is -2.69. The fraction of sp³-hybridized carbons (Fsp3) is 0.333. The van der Waals surface area contributed by atoms with Crippen LogP contribution in [0.4, 0.5) is 0 Å². The molecule has 2 aromatic heterocycles. The zero-order valence-corrected chi connectivity index (χ0v) is 24.9. The number of fused-ring (bicyclic) bond motifs is 6. The molecule has 5 aromatic rings. The van der Waals surface area contributed by atoms with Crippen molar-refractivity contribution >= 4 is 21.7 Å². The van der Waals surface area contributed by atoms with E-state index in [1.54, 1.807) is 13.4 Å². The van der Waals surface area contributed by atoms with E-state index >= 15 is 0 Å². The van der Waals surface area contributed by atoms with Crippen LogP contribution in [-0.2, 0) is 21.1 Å². The van der Waals surface area contributed by atoms with E-state index in [1.807, 2.05) is 18.5 Å². The van der Waals surface area contributed by atoms with Crippen LogP contribution in [0.1, 0.15) is 52.2 Å². The van der Waals surface area contributed by atoms with Gasteiger partial charge in [0.15, 0.2) is 5.69 Å². The molecule has 3 heterocycles. The lowest BCUT2D eigenvalue weighted by molar-refractivity contribution is -0.757. The molecule has 0 radical (unpaired) electrons. The first-order valence-corrected chi connectivity index (χ1v) is 14.3. The summed E-state index contributed by atoms with van der Waals surface area (Å²) < 4.78 is 13.6.